The molecule has 0 radical (unpaired) electrons. The van der Waals surface area contributed by atoms with Gasteiger partial charge in [0.05, 0.1) is 0 Å². The van der Waals surface area contributed by atoms with E-state index in [2.05, 4.69) is 41.1 Å². The molecule has 2 rings (SSSR count). The molecule has 2 heteroatoms. The fraction of sp³-hybridized carbons (Fsp3) is 0.538. The number of hydrogen-bond acceptors (Lipinski definition) is 1. The molecule has 1 saturated carbocycles. The molecular weight excluding hydrogens is 250 g/mol. The Morgan fingerprint density at radius 2 is 2.20 bits per heavy atom. The highest BCUT2D eigenvalue weighted by atomic mass is 79.9. The van der Waals surface area contributed by atoms with E-state index < -0.39 is 0 Å². The molecule has 0 bridgehead atoms. The molecule has 15 heavy (non-hydrogen) atoms. The molecule has 1 atom stereocenters. The van der Waals surface area contributed by atoms with Crippen LogP contribution in [-0.2, 0) is 0 Å². The van der Waals surface area contributed by atoms with Gasteiger partial charge in [-0.25, -0.2) is 0 Å². The number of benzene rings is 1. The van der Waals surface area contributed by atoms with Crippen molar-refractivity contribution >= 4 is 15.9 Å². The highest BCUT2D eigenvalue weighted by Crippen LogP contribution is 2.34. The van der Waals surface area contributed by atoms with Crippen molar-refractivity contribution in [2.45, 2.75) is 38.6 Å². The number of rotatable bonds is 3. The fourth-order valence-electron chi connectivity index (χ4n) is 2.06. The maximum atomic E-state index is 6.20. The second-order valence-corrected chi connectivity index (χ2v) is 5.50. The molecule has 1 unspecified atom stereocenters. The van der Waals surface area contributed by atoms with E-state index in [1.165, 1.54) is 34.9 Å². The Morgan fingerprint density at radius 3 is 2.73 bits per heavy atom. The lowest BCUT2D eigenvalue weighted by molar-refractivity contribution is 0.277. The van der Waals surface area contributed by atoms with E-state index >= 15 is 0 Å². The Morgan fingerprint density at radius 1 is 1.47 bits per heavy atom. The molecule has 1 nitrogen and oxygen atoms in total. The third-order valence-corrected chi connectivity index (χ3v) is 4.29. The summed E-state index contributed by atoms with van der Waals surface area (Å²) >= 11 is 3.56. The van der Waals surface area contributed by atoms with Gasteiger partial charge in [-0.05, 0) is 36.5 Å². The Labute approximate surface area is 100 Å². The van der Waals surface area contributed by atoms with Crippen LogP contribution in [0.3, 0.4) is 0 Å². The fourth-order valence-corrected chi connectivity index (χ4v) is 2.46. The van der Waals surface area contributed by atoms with Crippen LogP contribution in [0.1, 0.15) is 42.9 Å². The molecule has 0 aliphatic heterocycles. The van der Waals surface area contributed by atoms with Crippen LogP contribution in [0.15, 0.2) is 22.7 Å². The second-order valence-electron chi connectivity index (χ2n) is 4.65. The quantitative estimate of drug-likeness (QED) is 0.882. The van der Waals surface area contributed by atoms with E-state index in [9.17, 15) is 0 Å². The van der Waals surface area contributed by atoms with Crippen LogP contribution in [0.4, 0.5) is 0 Å². The number of aryl methyl sites for hydroxylation is 1. The molecule has 1 aliphatic rings. The number of nitrogens with two attached hydrogens (primary N) is 1. The van der Waals surface area contributed by atoms with E-state index in [4.69, 9.17) is 5.73 Å². The summed E-state index contributed by atoms with van der Waals surface area (Å²) in [6.07, 6.45) is 5.30. The van der Waals surface area contributed by atoms with E-state index in [-0.39, 0.29) is 6.04 Å². The van der Waals surface area contributed by atoms with Gasteiger partial charge in [0.25, 0.3) is 0 Å². The average Bonchev–Trinajstić information content (AvgIpc) is 2.15. The van der Waals surface area contributed by atoms with Gasteiger partial charge >= 0.3 is 0 Å². The number of halogens is 1. The van der Waals surface area contributed by atoms with Gasteiger partial charge in [-0.1, -0.05) is 47.3 Å². The minimum atomic E-state index is 0.215. The molecule has 82 valence electrons. The molecule has 0 saturated heterocycles. The maximum absolute atomic E-state index is 6.20. The summed E-state index contributed by atoms with van der Waals surface area (Å²) in [5.41, 5.74) is 8.74. The molecule has 1 aromatic rings. The third-order valence-electron chi connectivity index (χ3n) is 3.44. The monoisotopic (exact) mass is 267 g/mol. The van der Waals surface area contributed by atoms with Gasteiger partial charge < -0.3 is 5.73 Å². The second kappa shape index (κ2) is 4.67. The van der Waals surface area contributed by atoms with Gasteiger partial charge in [0.2, 0.25) is 0 Å². The molecular formula is C13H18BrN. The van der Waals surface area contributed by atoms with E-state index in [1.807, 2.05) is 0 Å². The molecule has 0 amide bonds. The van der Waals surface area contributed by atoms with E-state index in [0.29, 0.717) is 0 Å². The third kappa shape index (κ3) is 2.61. The largest absolute Gasteiger partial charge is 0.324 e. The maximum Gasteiger partial charge on any atom is 0.0297 e. The van der Waals surface area contributed by atoms with Crippen LogP contribution in [0.5, 0.6) is 0 Å². The van der Waals surface area contributed by atoms with Crippen molar-refractivity contribution in [2.24, 2.45) is 11.7 Å². The van der Waals surface area contributed by atoms with Gasteiger partial charge in [0.1, 0.15) is 0 Å². The summed E-state index contributed by atoms with van der Waals surface area (Å²) < 4.78 is 1.17. The summed E-state index contributed by atoms with van der Waals surface area (Å²) in [4.78, 5) is 0. The lowest BCUT2D eigenvalue weighted by Gasteiger charge is -2.28. The van der Waals surface area contributed by atoms with E-state index in [0.717, 1.165) is 12.3 Å². The Bertz CT molecular complexity index is 344. The summed E-state index contributed by atoms with van der Waals surface area (Å²) in [6.45, 7) is 2.10. The predicted molar refractivity (Wildman–Crippen MR) is 67.8 cm³/mol. The summed E-state index contributed by atoms with van der Waals surface area (Å²) in [7, 11) is 0. The number of hydrogen-bond donors (Lipinski definition) is 1. The molecule has 0 heterocycles. The van der Waals surface area contributed by atoms with Crippen molar-refractivity contribution in [1.82, 2.24) is 0 Å². The first kappa shape index (κ1) is 11.2. The zero-order valence-electron chi connectivity index (χ0n) is 9.17. The Kier molecular flexibility index (Phi) is 3.47. The summed E-state index contributed by atoms with van der Waals surface area (Å²) in [5, 5.41) is 0. The van der Waals surface area contributed by atoms with Crippen LogP contribution in [-0.4, -0.2) is 0 Å². The SMILES string of the molecule is Cc1ccc(C(N)CC2CCC2)cc1Br. The first-order valence-corrected chi connectivity index (χ1v) is 6.48. The van der Waals surface area contributed by atoms with E-state index in [1.54, 1.807) is 0 Å². The van der Waals surface area contributed by atoms with Crippen molar-refractivity contribution in [2.75, 3.05) is 0 Å². The van der Waals surface area contributed by atoms with Crippen molar-refractivity contribution in [3.05, 3.63) is 33.8 Å². The predicted octanol–water partition coefficient (Wildman–Crippen LogP) is 3.95. The van der Waals surface area contributed by atoms with Gasteiger partial charge in [0.15, 0.2) is 0 Å². The Hall–Kier alpha value is -0.340. The van der Waals surface area contributed by atoms with Crippen LogP contribution in [0, 0.1) is 12.8 Å². The van der Waals surface area contributed by atoms with Crippen LogP contribution < -0.4 is 5.73 Å². The minimum Gasteiger partial charge on any atom is -0.324 e. The molecule has 2 N–H and O–H groups in total. The molecule has 0 aromatic heterocycles. The molecule has 1 aliphatic carbocycles. The van der Waals surface area contributed by atoms with Crippen molar-refractivity contribution in [1.29, 1.82) is 0 Å². The lowest BCUT2D eigenvalue weighted by Crippen LogP contribution is -2.20. The minimum absolute atomic E-state index is 0.215. The smallest absolute Gasteiger partial charge is 0.0297 e. The molecule has 1 aromatic carbocycles. The van der Waals surface area contributed by atoms with Gasteiger partial charge in [-0.3, -0.25) is 0 Å². The zero-order valence-corrected chi connectivity index (χ0v) is 10.8. The van der Waals surface area contributed by atoms with Gasteiger partial charge in [-0.15, -0.1) is 0 Å². The topological polar surface area (TPSA) is 26.0 Å². The molecule has 0 spiro atoms. The van der Waals surface area contributed by atoms with Crippen LogP contribution in [0.25, 0.3) is 0 Å². The zero-order chi connectivity index (χ0) is 10.8. The average molecular weight is 268 g/mol. The van der Waals surface area contributed by atoms with Crippen LogP contribution in [0.2, 0.25) is 0 Å². The molecule has 1 fully saturated rings. The van der Waals surface area contributed by atoms with Crippen molar-refractivity contribution < 1.29 is 0 Å². The van der Waals surface area contributed by atoms with Gasteiger partial charge in [-0.2, -0.15) is 0 Å². The summed E-state index contributed by atoms with van der Waals surface area (Å²) in [6, 6.07) is 6.68. The Balaban J connectivity index is 2.03. The summed E-state index contributed by atoms with van der Waals surface area (Å²) in [5.74, 6) is 0.875. The van der Waals surface area contributed by atoms with Crippen molar-refractivity contribution in [3.8, 4) is 0 Å². The lowest BCUT2D eigenvalue weighted by atomic mass is 9.80. The first-order chi connectivity index (χ1) is 7.16. The van der Waals surface area contributed by atoms with Crippen LogP contribution >= 0.6 is 15.9 Å². The first-order valence-electron chi connectivity index (χ1n) is 5.68. The van der Waals surface area contributed by atoms with Crippen molar-refractivity contribution in [3.63, 3.8) is 0 Å². The highest BCUT2D eigenvalue weighted by Gasteiger charge is 2.21. The van der Waals surface area contributed by atoms with Gasteiger partial charge in [0, 0.05) is 10.5 Å². The standard InChI is InChI=1S/C13H18BrN/c1-9-5-6-11(8-12(9)14)13(15)7-10-3-2-4-10/h5-6,8,10,13H,2-4,7,15H2,1H3. The normalized spacial score (nSPS) is 18.6. The highest BCUT2D eigenvalue weighted by molar-refractivity contribution is 9.10.